The lowest BCUT2D eigenvalue weighted by molar-refractivity contribution is -0.383. The van der Waals surface area contributed by atoms with E-state index in [9.17, 15) is 14.9 Å². The number of aryl methyl sites for hydroxylation is 2. The Bertz CT molecular complexity index is 636. The molecule has 1 aromatic carbocycles. The molecule has 1 amide bonds. The molecule has 0 saturated carbocycles. The molecule has 0 saturated heterocycles. The number of amides is 1. The molecule has 2 aromatic rings. The zero-order valence-electron chi connectivity index (χ0n) is 10.9. The lowest BCUT2D eigenvalue weighted by Gasteiger charge is -2.07. The van der Waals surface area contributed by atoms with Crippen molar-refractivity contribution >= 4 is 17.3 Å². The van der Waals surface area contributed by atoms with Crippen LogP contribution in [0.15, 0.2) is 36.5 Å². The Morgan fingerprint density at radius 1 is 1.40 bits per heavy atom. The Morgan fingerprint density at radius 2 is 2.15 bits per heavy atom. The van der Waals surface area contributed by atoms with Gasteiger partial charge in [0.15, 0.2) is 0 Å². The number of anilines is 1. The van der Waals surface area contributed by atoms with Gasteiger partial charge in [0.25, 0.3) is 5.69 Å². The summed E-state index contributed by atoms with van der Waals surface area (Å²) in [6.07, 6.45) is 1.86. The predicted octanol–water partition coefficient (Wildman–Crippen LogP) is 2.13. The van der Waals surface area contributed by atoms with Crippen LogP contribution in [0.4, 0.5) is 11.4 Å². The third kappa shape index (κ3) is 3.19. The van der Waals surface area contributed by atoms with Crippen molar-refractivity contribution in [3.8, 4) is 0 Å². The van der Waals surface area contributed by atoms with Crippen molar-refractivity contribution in [3.05, 3.63) is 52.3 Å². The summed E-state index contributed by atoms with van der Waals surface area (Å²) < 4.78 is 1.71. The standard InChI is InChI=1S/C13H14N4O3/c1-10-6-8-14-16(10)9-7-13(18)15-11-4-2-3-5-12(11)17(19)20/h2-6,8H,7,9H2,1H3,(H,15,18). The number of rotatable bonds is 5. The van der Waals surface area contributed by atoms with Crippen molar-refractivity contribution in [1.29, 1.82) is 0 Å². The van der Waals surface area contributed by atoms with Crippen LogP contribution in [-0.4, -0.2) is 20.6 Å². The fourth-order valence-electron chi connectivity index (χ4n) is 1.79. The second kappa shape index (κ2) is 5.96. The minimum atomic E-state index is -0.521. The lowest BCUT2D eigenvalue weighted by atomic mass is 10.2. The third-order valence-electron chi connectivity index (χ3n) is 2.85. The van der Waals surface area contributed by atoms with E-state index >= 15 is 0 Å². The number of carbonyl (C=O) groups is 1. The maximum atomic E-state index is 11.8. The van der Waals surface area contributed by atoms with Crippen LogP contribution in [0.3, 0.4) is 0 Å². The van der Waals surface area contributed by atoms with E-state index < -0.39 is 4.92 Å². The van der Waals surface area contributed by atoms with Gasteiger partial charge < -0.3 is 5.32 Å². The topological polar surface area (TPSA) is 90.1 Å². The third-order valence-corrected chi connectivity index (χ3v) is 2.85. The number of carbonyl (C=O) groups excluding carboxylic acids is 1. The summed E-state index contributed by atoms with van der Waals surface area (Å²) in [5, 5.41) is 17.5. The number of nitrogens with one attached hydrogen (secondary N) is 1. The normalized spacial score (nSPS) is 10.2. The first-order valence-corrected chi connectivity index (χ1v) is 6.09. The van der Waals surface area contributed by atoms with Gasteiger partial charge in [-0.25, -0.2) is 0 Å². The Hall–Kier alpha value is -2.70. The molecule has 0 atom stereocenters. The van der Waals surface area contributed by atoms with Crippen LogP contribution < -0.4 is 5.32 Å². The summed E-state index contributed by atoms with van der Waals surface area (Å²) in [6.45, 7) is 2.33. The van der Waals surface area contributed by atoms with Crippen molar-refractivity contribution in [2.45, 2.75) is 19.9 Å². The molecule has 20 heavy (non-hydrogen) atoms. The molecule has 0 fully saturated rings. The molecule has 2 rings (SSSR count). The summed E-state index contributed by atoms with van der Waals surface area (Å²) >= 11 is 0. The number of nitrogens with zero attached hydrogens (tertiary/aromatic N) is 3. The van der Waals surface area contributed by atoms with Crippen molar-refractivity contribution in [2.75, 3.05) is 5.32 Å². The second-order valence-electron chi connectivity index (χ2n) is 4.27. The first-order chi connectivity index (χ1) is 9.58. The Balaban J connectivity index is 1.98. The maximum absolute atomic E-state index is 11.8. The zero-order chi connectivity index (χ0) is 14.5. The minimum Gasteiger partial charge on any atom is -0.320 e. The van der Waals surface area contributed by atoms with Gasteiger partial charge in [0.05, 0.1) is 4.92 Å². The van der Waals surface area contributed by atoms with Crippen LogP contribution in [-0.2, 0) is 11.3 Å². The highest BCUT2D eigenvalue weighted by atomic mass is 16.6. The summed E-state index contributed by atoms with van der Waals surface area (Å²) in [4.78, 5) is 22.1. The van der Waals surface area contributed by atoms with Crippen LogP contribution in [0.5, 0.6) is 0 Å². The van der Waals surface area contributed by atoms with Gasteiger partial charge in [-0.2, -0.15) is 5.10 Å². The Morgan fingerprint density at radius 3 is 2.80 bits per heavy atom. The van der Waals surface area contributed by atoms with Crippen LogP contribution in [0.2, 0.25) is 0 Å². The van der Waals surface area contributed by atoms with Crippen LogP contribution in [0, 0.1) is 17.0 Å². The highest BCUT2D eigenvalue weighted by Gasteiger charge is 2.14. The summed E-state index contributed by atoms with van der Waals surface area (Å²) in [7, 11) is 0. The van der Waals surface area contributed by atoms with E-state index in [0.717, 1.165) is 5.69 Å². The summed E-state index contributed by atoms with van der Waals surface area (Å²) in [6, 6.07) is 7.91. The van der Waals surface area contributed by atoms with E-state index in [-0.39, 0.29) is 23.7 Å². The van der Waals surface area contributed by atoms with Crippen molar-refractivity contribution < 1.29 is 9.72 Å². The molecule has 0 radical (unpaired) electrons. The molecule has 7 heteroatoms. The molecule has 1 N–H and O–H groups in total. The van der Waals surface area contributed by atoms with E-state index in [1.165, 1.54) is 12.1 Å². The molecule has 0 aliphatic heterocycles. The Labute approximate surface area is 115 Å². The fourth-order valence-corrected chi connectivity index (χ4v) is 1.79. The van der Waals surface area contributed by atoms with Gasteiger partial charge in [0.1, 0.15) is 5.69 Å². The molecule has 1 aromatic heterocycles. The average Bonchev–Trinajstić information content (AvgIpc) is 2.82. The van der Waals surface area contributed by atoms with E-state index in [4.69, 9.17) is 0 Å². The van der Waals surface area contributed by atoms with Crippen LogP contribution in [0.25, 0.3) is 0 Å². The Kier molecular flexibility index (Phi) is 4.09. The number of aromatic nitrogens is 2. The lowest BCUT2D eigenvalue weighted by Crippen LogP contribution is -2.16. The van der Waals surface area contributed by atoms with Crippen LogP contribution in [0.1, 0.15) is 12.1 Å². The van der Waals surface area contributed by atoms with E-state index in [2.05, 4.69) is 10.4 Å². The molecule has 0 bridgehead atoms. The molecule has 104 valence electrons. The van der Waals surface area contributed by atoms with Gasteiger partial charge in [0.2, 0.25) is 5.91 Å². The molecule has 1 heterocycles. The molecule has 0 aliphatic rings. The maximum Gasteiger partial charge on any atom is 0.292 e. The smallest absolute Gasteiger partial charge is 0.292 e. The molecule has 7 nitrogen and oxygen atoms in total. The summed E-state index contributed by atoms with van der Waals surface area (Å²) in [5.41, 5.74) is 1.05. The molecule has 0 spiro atoms. The van der Waals surface area contributed by atoms with Gasteiger partial charge in [-0.3, -0.25) is 19.6 Å². The van der Waals surface area contributed by atoms with Gasteiger partial charge in [0, 0.05) is 30.9 Å². The average molecular weight is 274 g/mol. The SMILES string of the molecule is Cc1ccnn1CCC(=O)Nc1ccccc1[N+](=O)[O-]. The monoisotopic (exact) mass is 274 g/mol. The number of nitro groups is 1. The zero-order valence-corrected chi connectivity index (χ0v) is 10.9. The highest BCUT2D eigenvalue weighted by molar-refractivity contribution is 5.92. The van der Waals surface area contributed by atoms with Crippen LogP contribution >= 0.6 is 0 Å². The minimum absolute atomic E-state index is 0.115. The first-order valence-electron chi connectivity index (χ1n) is 6.09. The fraction of sp³-hybridized carbons (Fsp3) is 0.231. The molecular formula is C13H14N4O3. The number of hydrogen-bond donors (Lipinski definition) is 1. The number of hydrogen-bond acceptors (Lipinski definition) is 4. The second-order valence-corrected chi connectivity index (χ2v) is 4.27. The van der Waals surface area contributed by atoms with Gasteiger partial charge in [-0.1, -0.05) is 12.1 Å². The largest absolute Gasteiger partial charge is 0.320 e. The van der Waals surface area contributed by atoms with Crippen molar-refractivity contribution in [3.63, 3.8) is 0 Å². The van der Waals surface area contributed by atoms with Gasteiger partial charge in [-0.05, 0) is 19.1 Å². The number of benzene rings is 1. The quantitative estimate of drug-likeness (QED) is 0.668. The summed E-state index contributed by atoms with van der Waals surface area (Å²) in [5.74, 6) is -0.283. The number of nitro benzene ring substituents is 1. The van der Waals surface area contributed by atoms with E-state index in [1.54, 1.807) is 23.0 Å². The van der Waals surface area contributed by atoms with E-state index in [1.807, 2.05) is 13.0 Å². The van der Waals surface area contributed by atoms with Crippen molar-refractivity contribution in [2.24, 2.45) is 0 Å². The van der Waals surface area contributed by atoms with Gasteiger partial charge >= 0.3 is 0 Å². The number of para-hydroxylation sites is 2. The van der Waals surface area contributed by atoms with Crippen molar-refractivity contribution in [1.82, 2.24) is 9.78 Å². The predicted molar refractivity (Wildman–Crippen MR) is 73.3 cm³/mol. The molecular weight excluding hydrogens is 260 g/mol. The first kappa shape index (κ1) is 13.7. The van der Waals surface area contributed by atoms with E-state index in [0.29, 0.717) is 6.54 Å². The molecule has 0 unspecified atom stereocenters. The highest BCUT2D eigenvalue weighted by Crippen LogP contribution is 2.23. The van der Waals surface area contributed by atoms with Gasteiger partial charge in [-0.15, -0.1) is 0 Å². The molecule has 0 aliphatic carbocycles.